The quantitative estimate of drug-likeness (QED) is 0.899. The van der Waals surface area contributed by atoms with Crippen molar-refractivity contribution in [2.24, 2.45) is 0 Å². The second-order valence-corrected chi connectivity index (χ2v) is 6.01. The Bertz CT molecular complexity index is 372. The van der Waals surface area contributed by atoms with Crippen LogP contribution in [0.1, 0.15) is 31.2 Å². The second-order valence-electron chi connectivity index (χ2n) is 5.09. The summed E-state index contributed by atoms with van der Waals surface area (Å²) >= 11 is 3.47. The van der Waals surface area contributed by atoms with Crippen LogP contribution in [0.25, 0.3) is 0 Å². The molecule has 1 saturated carbocycles. The van der Waals surface area contributed by atoms with Crippen LogP contribution in [0.15, 0.2) is 28.7 Å². The minimum absolute atomic E-state index is 0.506. The van der Waals surface area contributed by atoms with Crippen molar-refractivity contribution in [2.45, 2.75) is 43.7 Å². The highest BCUT2D eigenvalue weighted by Gasteiger charge is 2.32. The summed E-state index contributed by atoms with van der Waals surface area (Å²) in [5, 5.41) is 13.9. The van der Waals surface area contributed by atoms with Crippen molar-refractivity contribution in [3.63, 3.8) is 0 Å². The van der Waals surface area contributed by atoms with E-state index in [9.17, 15) is 5.11 Å². The van der Waals surface area contributed by atoms with E-state index in [4.69, 9.17) is 0 Å². The van der Waals surface area contributed by atoms with Gasteiger partial charge in [0.15, 0.2) is 0 Å². The summed E-state index contributed by atoms with van der Waals surface area (Å²) in [6, 6.07) is 8.82. The Morgan fingerprint density at radius 3 is 2.71 bits per heavy atom. The minimum Gasteiger partial charge on any atom is -0.390 e. The molecule has 1 aliphatic carbocycles. The molecule has 0 spiro atoms. The van der Waals surface area contributed by atoms with Crippen molar-refractivity contribution < 1.29 is 5.11 Å². The Balaban J connectivity index is 1.99. The van der Waals surface area contributed by atoms with E-state index >= 15 is 0 Å². The van der Waals surface area contributed by atoms with E-state index in [1.165, 1.54) is 5.56 Å². The summed E-state index contributed by atoms with van der Waals surface area (Å²) in [6.45, 7) is 0. The first-order valence-corrected chi connectivity index (χ1v) is 7.05. The van der Waals surface area contributed by atoms with E-state index in [2.05, 4.69) is 33.4 Å². The van der Waals surface area contributed by atoms with E-state index < -0.39 is 5.60 Å². The summed E-state index contributed by atoms with van der Waals surface area (Å²) in [4.78, 5) is 0. The number of aliphatic hydroxyl groups is 1. The maximum absolute atomic E-state index is 10.6. The standard InChI is InChI=1S/C14H20BrNO/c1-16-13-5-7-14(17,8-6-13)10-11-3-2-4-12(15)9-11/h2-4,9,13,16-17H,5-8,10H2,1H3. The normalized spacial score (nSPS) is 29.2. The molecule has 1 fully saturated rings. The summed E-state index contributed by atoms with van der Waals surface area (Å²) < 4.78 is 1.09. The van der Waals surface area contributed by atoms with Gasteiger partial charge in [0.25, 0.3) is 0 Å². The highest BCUT2D eigenvalue weighted by atomic mass is 79.9. The molecule has 1 aliphatic rings. The number of nitrogens with one attached hydrogen (secondary N) is 1. The fourth-order valence-corrected chi connectivity index (χ4v) is 3.09. The summed E-state index contributed by atoms with van der Waals surface area (Å²) in [6.07, 6.45) is 4.70. The number of halogens is 1. The monoisotopic (exact) mass is 297 g/mol. The molecular formula is C14H20BrNO. The van der Waals surface area contributed by atoms with Gasteiger partial charge in [0.1, 0.15) is 0 Å². The fraction of sp³-hybridized carbons (Fsp3) is 0.571. The first-order valence-electron chi connectivity index (χ1n) is 6.25. The average Bonchev–Trinajstić information content (AvgIpc) is 2.29. The van der Waals surface area contributed by atoms with Crippen molar-refractivity contribution in [3.8, 4) is 0 Å². The molecule has 2 rings (SSSR count). The second kappa shape index (κ2) is 5.51. The third-order valence-electron chi connectivity index (χ3n) is 3.75. The van der Waals surface area contributed by atoms with E-state index in [1.807, 2.05) is 19.2 Å². The SMILES string of the molecule is CNC1CCC(O)(Cc2cccc(Br)c2)CC1. The number of rotatable bonds is 3. The van der Waals surface area contributed by atoms with Gasteiger partial charge in [-0.2, -0.15) is 0 Å². The first kappa shape index (κ1) is 13.1. The number of benzene rings is 1. The number of hydrogen-bond donors (Lipinski definition) is 2. The minimum atomic E-state index is -0.506. The van der Waals surface area contributed by atoms with Gasteiger partial charge in [-0.15, -0.1) is 0 Å². The lowest BCUT2D eigenvalue weighted by Crippen LogP contribution is -2.41. The zero-order valence-electron chi connectivity index (χ0n) is 10.2. The molecule has 1 aromatic rings. The topological polar surface area (TPSA) is 32.3 Å². The van der Waals surface area contributed by atoms with E-state index in [-0.39, 0.29) is 0 Å². The van der Waals surface area contributed by atoms with E-state index in [1.54, 1.807) is 0 Å². The van der Waals surface area contributed by atoms with Gasteiger partial charge in [0, 0.05) is 16.9 Å². The van der Waals surface area contributed by atoms with Crippen LogP contribution < -0.4 is 5.32 Å². The van der Waals surface area contributed by atoms with Crippen LogP contribution >= 0.6 is 15.9 Å². The van der Waals surface area contributed by atoms with Crippen LogP contribution in [-0.4, -0.2) is 23.8 Å². The van der Waals surface area contributed by atoms with Gasteiger partial charge < -0.3 is 10.4 Å². The van der Waals surface area contributed by atoms with E-state index in [0.29, 0.717) is 6.04 Å². The lowest BCUT2D eigenvalue weighted by Gasteiger charge is -2.36. The number of hydrogen-bond acceptors (Lipinski definition) is 2. The summed E-state index contributed by atoms with van der Waals surface area (Å²) in [5.74, 6) is 0. The van der Waals surface area contributed by atoms with Crippen molar-refractivity contribution in [2.75, 3.05) is 7.05 Å². The predicted octanol–water partition coefficient (Wildman–Crippen LogP) is 2.88. The molecule has 0 aromatic heterocycles. The van der Waals surface area contributed by atoms with Crippen LogP contribution in [0, 0.1) is 0 Å². The molecule has 2 nitrogen and oxygen atoms in total. The van der Waals surface area contributed by atoms with Crippen LogP contribution in [-0.2, 0) is 6.42 Å². The van der Waals surface area contributed by atoms with Gasteiger partial charge in [-0.05, 0) is 50.4 Å². The Hall–Kier alpha value is -0.380. The third-order valence-corrected chi connectivity index (χ3v) is 4.24. The largest absolute Gasteiger partial charge is 0.390 e. The smallest absolute Gasteiger partial charge is 0.0689 e. The molecule has 94 valence electrons. The predicted molar refractivity (Wildman–Crippen MR) is 74.1 cm³/mol. The van der Waals surface area contributed by atoms with Crippen molar-refractivity contribution in [1.29, 1.82) is 0 Å². The van der Waals surface area contributed by atoms with Crippen LogP contribution in [0.4, 0.5) is 0 Å². The van der Waals surface area contributed by atoms with Gasteiger partial charge in [0.2, 0.25) is 0 Å². The molecule has 3 heteroatoms. The highest BCUT2D eigenvalue weighted by molar-refractivity contribution is 9.10. The highest BCUT2D eigenvalue weighted by Crippen LogP contribution is 2.31. The van der Waals surface area contributed by atoms with Crippen LogP contribution in [0.3, 0.4) is 0 Å². The molecular weight excluding hydrogens is 278 g/mol. The Kier molecular flexibility index (Phi) is 4.23. The molecule has 0 radical (unpaired) electrons. The van der Waals surface area contributed by atoms with Crippen molar-refractivity contribution >= 4 is 15.9 Å². The Morgan fingerprint density at radius 1 is 1.41 bits per heavy atom. The molecule has 2 N–H and O–H groups in total. The maximum Gasteiger partial charge on any atom is 0.0689 e. The molecule has 0 bridgehead atoms. The van der Waals surface area contributed by atoms with Crippen molar-refractivity contribution in [1.82, 2.24) is 5.32 Å². The lowest BCUT2D eigenvalue weighted by atomic mass is 9.78. The summed E-state index contributed by atoms with van der Waals surface area (Å²) in [5.41, 5.74) is 0.707. The Morgan fingerprint density at radius 2 is 2.12 bits per heavy atom. The Labute approximate surface area is 112 Å². The van der Waals surface area contributed by atoms with Crippen LogP contribution in [0.5, 0.6) is 0 Å². The van der Waals surface area contributed by atoms with Gasteiger partial charge in [-0.3, -0.25) is 0 Å². The molecule has 0 saturated heterocycles. The van der Waals surface area contributed by atoms with Gasteiger partial charge in [-0.25, -0.2) is 0 Å². The molecule has 1 aromatic carbocycles. The molecule has 17 heavy (non-hydrogen) atoms. The average molecular weight is 298 g/mol. The zero-order chi connectivity index (χ0) is 12.3. The zero-order valence-corrected chi connectivity index (χ0v) is 11.8. The first-order chi connectivity index (χ1) is 8.11. The molecule has 0 aliphatic heterocycles. The molecule has 0 amide bonds. The molecule has 0 atom stereocenters. The van der Waals surface area contributed by atoms with Gasteiger partial charge >= 0.3 is 0 Å². The van der Waals surface area contributed by atoms with Gasteiger partial charge in [0.05, 0.1) is 5.60 Å². The van der Waals surface area contributed by atoms with Crippen molar-refractivity contribution in [3.05, 3.63) is 34.3 Å². The van der Waals surface area contributed by atoms with E-state index in [0.717, 1.165) is 36.6 Å². The maximum atomic E-state index is 10.6. The third kappa shape index (κ3) is 3.54. The van der Waals surface area contributed by atoms with Gasteiger partial charge in [-0.1, -0.05) is 28.1 Å². The van der Waals surface area contributed by atoms with Crippen LogP contribution in [0.2, 0.25) is 0 Å². The molecule has 0 unspecified atom stereocenters. The molecule has 0 heterocycles. The summed E-state index contributed by atoms with van der Waals surface area (Å²) in [7, 11) is 2.00. The fourth-order valence-electron chi connectivity index (χ4n) is 2.65. The lowest BCUT2D eigenvalue weighted by molar-refractivity contribution is -0.00243.